The van der Waals surface area contributed by atoms with E-state index in [4.69, 9.17) is 11.6 Å². The lowest BCUT2D eigenvalue weighted by Crippen LogP contribution is -2.30. The molecule has 1 saturated heterocycles. The molecule has 116 valence electrons. The van der Waals surface area contributed by atoms with Crippen molar-refractivity contribution in [1.82, 2.24) is 15.6 Å². The second-order valence-electron chi connectivity index (χ2n) is 5.51. The predicted molar refractivity (Wildman–Crippen MR) is 90.6 cm³/mol. The fourth-order valence-electron chi connectivity index (χ4n) is 2.53. The lowest BCUT2D eigenvalue weighted by atomic mass is 10.1. The molecule has 0 radical (unpaired) electrons. The molecule has 0 spiro atoms. The number of hydrogen-bond acceptors (Lipinski definition) is 4. The summed E-state index contributed by atoms with van der Waals surface area (Å²) in [5.41, 5.74) is 1.76. The zero-order valence-electron chi connectivity index (χ0n) is 12.4. The minimum atomic E-state index is -0.0258. The Balaban J connectivity index is 1.71. The van der Waals surface area contributed by atoms with Gasteiger partial charge in [-0.2, -0.15) is 0 Å². The van der Waals surface area contributed by atoms with Crippen molar-refractivity contribution in [1.29, 1.82) is 0 Å². The molecule has 1 unspecified atom stereocenters. The molecule has 1 aromatic heterocycles. The first-order valence-corrected chi connectivity index (χ1v) is 8.55. The number of benzene rings is 1. The number of aromatic nitrogens is 1. The number of rotatable bonds is 4. The number of halogens is 1. The molecule has 1 aromatic carbocycles. The summed E-state index contributed by atoms with van der Waals surface area (Å²) in [6.45, 7) is 4.63. The zero-order valence-corrected chi connectivity index (χ0v) is 13.9. The maximum atomic E-state index is 12.3. The van der Waals surface area contributed by atoms with Crippen LogP contribution in [-0.2, 0) is 0 Å². The van der Waals surface area contributed by atoms with E-state index in [1.54, 1.807) is 0 Å². The number of nitrogens with zero attached hydrogens (tertiary/aromatic N) is 1. The summed E-state index contributed by atoms with van der Waals surface area (Å²) in [5.74, 6) is 0.509. The SMILES string of the molecule is Cc1nc(-c2ccc(Cl)cc2)sc1C(=O)NCC1CCNC1. The van der Waals surface area contributed by atoms with Gasteiger partial charge in [0.2, 0.25) is 0 Å². The zero-order chi connectivity index (χ0) is 15.5. The summed E-state index contributed by atoms with van der Waals surface area (Å²) in [7, 11) is 0. The van der Waals surface area contributed by atoms with Crippen molar-refractivity contribution in [2.45, 2.75) is 13.3 Å². The highest BCUT2D eigenvalue weighted by atomic mass is 35.5. The number of carbonyl (C=O) groups is 1. The van der Waals surface area contributed by atoms with E-state index >= 15 is 0 Å². The van der Waals surface area contributed by atoms with Crippen molar-refractivity contribution in [3.8, 4) is 10.6 Å². The van der Waals surface area contributed by atoms with Gasteiger partial charge in [-0.3, -0.25) is 4.79 Å². The van der Waals surface area contributed by atoms with Gasteiger partial charge < -0.3 is 10.6 Å². The van der Waals surface area contributed by atoms with Gasteiger partial charge in [-0.05, 0) is 44.5 Å². The molecule has 2 aromatic rings. The summed E-state index contributed by atoms with van der Waals surface area (Å²) in [6, 6.07) is 7.51. The average molecular weight is 336 g/mol. The second kappa shape index (κ2) is 6.77. The first kappa shape index (κ1) is 15.5. The first-order valence-electron chi connectivity index (χ1n) is 7.36. The molecule has 1 aliphatic heterocycles. The van der Waals surface area contributed by atoms with Crippen LogP contribution in [0, 0.1) is 12.8 Å². The monoisotopic (exact) mass is 335 g/mol. The summed E-state index contributed by atoms with van der Waals surface area (Å²) in [4.78, 5) is 17.5. The molecule has 1 fully saturated rings. The number of hydrogen-bond donors (Lipinski definition) is 2. The molecule has 2 N–H and O–H groups in total. The number of nitrogens with one attached hydrogen (secondary N) is 2. The van der Waals surface area contributed by atoms with E-state index < -0.39 is 0 Å². The third kappa shape index (κ3) is 3.48. The van der Waals surface area contributed by atoms with Crippen LogP contribution in [0.25, 0.3) is 10.6 Å². The molecular formula is C16H18ClN3OS. The summed E-state index contributed by atoms with van der Waals surface area (Å²) >= 11 is 7.33. The fourth-order valence-corrected chi connectivity index (χ4v) is 3.64. The molecule has 3 rings (SSSR count). The minimum Gasteiger partial charge on any atom is -0.351 e. The van der Waals surface area contributed by atoms with E-state index in [0.717, 1.165) is 42.3 Å². The van der Waals surface area contributed by atoms with Crippen LogP contribution >= 0.6 is 22.9 Å². The quantitative estimate of drug-likeness (QED) is 0.902. The molecule has 0 aliphatic carbocycles. The summed E-state index contributed by atoms with van der Waals surface area (Å²) in [6.07, 6.45) is 1.12. The van der Waals surface area contributed by atoms with Gasteiger partial charge in [0.05, 0.1) is 5.69 Å². The number of aryl methyl sites for hydroxylation is 1. The topological polar surface area (TPSA) is 54.0 Å². The maximum absolute atomic E-state index is 12.3. The van der Waals surface area contributed by atoms with Gasteiger partial charge in [0.1, 0.15) is 9.88 Å². The van der Waals surface area contributed by atoms with Gasteiger partial charge in [-0.15, -0.1) is 11.3 Å². The van der Waals surface area contributed by atoms with Gasteiger partial charge in [-0.1, -0.05) is 23.7 Å². The van der Waals surface area contributed by atoms with E-state index in [1.807, 2.05) is 31.2 Å². The van der Waals surface area contributed by atoms with Crippen LogP contribution in [0.15, 0.2) is 24.3 Å². The molecule has 0 saturated carbocycles. The highest BCUT2D eigenvalue weighted by Crippen LogP contribution is 2.28. The Morgan fingerprint density at radius 3 is 2.91 bits per heavy atom. The van der Waals surface area contributed by atoms with Crippen molar-refractivity contribution in [2.24, 2.45) is 5.92 Å². The summed E-state index contributed by atoms with van der Waals surface area (Å²) in [5, 5.41) is 7.88. The van der Waals surface area contributed by atoms with Crippen molar-refractivity contribution in [2.75, 3.05) is 19.6 Å². The van der Waals surface area contributed by atoms with Crippen molar-refractivity contribution in [3.05, 3.63) is 39.9 Å². The smallest absolute Gasteiger partial charge is 0.263 e. The number of thiazole rings is 1. The normalized spacial score (nSPS) is 17.6. The average Bonchev–Trinajstić information content (AvgIpc) is 3.15. The van der Waals surface area contributed by atoms with E-state index in [1.165, 1.54) is 11.3 Å². The van der Waals surface area contributed by atoms with Crippen molar-refractivity contribution in [3.63, 3.8) is 0 Å². The van der Waals surface area contributed by atoms with Crippen LogP contribution in [0.5, 0.6) is 0 Å². The number of carbonyl (C=O) groups excluding carboxylic acids is 1. The van der Waals surface area contributed by atoms with Gasteiger partial charge in [0.15, 0.2) is 0 Å². The molecule has 0 bridgehead atoms. The van der Waals surface area contributed by atoms with Gasteiger partial charge in [0.25, 0.3) is 5.91 Å². The Hall–Kier alpha value is -1.43. The summed E-state index contributed by atoms with van der Waals surface area (Å²) < 4.78 is 0. The lowest BCUT2D eigenvalue weighted by Gasteiger charge is -2.09. The lowest BCUT2D eigenvalue weighted by molar-refractivity contribution is 0.0951. The maximum Gasteiger partial charge on any atom is 0.263 e. The Morgan fingerprint density at radius 1 is 1.45 bits per heavy atom. The molecule has 1 amide bonds. The van der Waals surface area contributed by atoms with Crippen LogP contribution in [-0.4, -0.2) is 30.5 Å². The molecule has 1 atom stereocenters. The van der Waals surface area contributed by atoms with Crippen LogP contribution in [0.2, 0.25) is 5.02 Å². The van der Waals surface area contributed by atoms with E-state index in [0.29, 0.717) is 15.8 Å². The third-order valence-corrected chi connectivity index (χ3v) is 5.26. The predicted octanol–water partition coefficient (Wildman–Crippen LogP) is 3.11. The second-order valence-corrected chi connectivity index (χ2v) is 6.94. The Labute approximate surface area is 138 Å². The van der Waals surface area contributed by atoms with Crippen LogP contribution in [0.3, 0.4) is 0 Å². The Kier molecular flexibility index (Phi) is 4.76. The highest BCUT2D eigenvalue weighted by molar-refractivity contribution is 7.17. The third-order valence-electron chi connectivity index (χ3n) is 3.81. The molecule has 1 aliphatic rings. The van der Waals surface area contributed by atoms with Crippen molar-refractivity contribution < 1.29 is 4.79 Å². The first-order chi connectivity index (χ1) is 10.6. The van der Waals surface area contributed by atoms with Crippen LogP contribution in [0.1, 0.15) is 21.8 Å². The Morgan fingerprint density at radius 2 is 2.23 bits per heavy atom. The minimum absolute atomic E-state index is 0.0258. The van der Waals surface area contributed by atoms with E-state index in [-0.39, 0.29) is 5.91 Å². The fraction of sp³-hybridized carbons (Fsp3) is 0.375. The van der Waals surface area contributed by atoms with Crippen molar-refractivity contribution >= 4 is 28.8 Å². The molecule has 4 nitrogen and oxygen atoms in total. The van der Waals surface area contributed by atoms with E-state index in [2.05, 4.69) is 15.6 Å². The van der Waals surface area contributed by atoms with Crippen LogP contribution < -0.4 is 10.6 Å². The Bertz CT molecular complexity index is 663. The van der Waals surface area contributed by atoms with Gasteiger partial charge in [0, 0.05) is 17.1 Å². The molecule has 6 heteroatoms. The molecular weight excluding hydrogens is 318 g/mol. The molecule has 22 heavy (non-hydrogen) atoms. The van der Waals surface area contributed by atoms with Gasteiger partial charge in [-0.25, -0.2) is 4.98 Å². The molecule has 2 heterocycles. The number of amides is 1. The standard InChI is InChI=1S/C16H18ClN3OS/c1-10-14(15(21)19-9-11-6-7-18-8-11)22-16(20-10)12-2-4-13(17)5-3-12/h2-5,11,18H,6-9H2,1H3,(H,19,21). The van der Waals surface area contributed by atoms with Gasteiger partial charge >= 0.3 is 0 Å². The van der Waals surface area contributed by atoms with E-state index in [9.17, 15) is 4.79 Å². The largest absolute Gasteiger partial charge is 0.351 e. The van der Waals surface area contributed by atoms with Crippen LogP contribution in [0.4, 0.5) is 0 Å². The highest BCUT2D eigenvalue weighted by Gasteiger charge is 2.19.